The highest BCUT2D eigenvalue weighted by atomic mass is 15.2. The van der Waals surface area contributed by atoms with Gasteiger partial charge in [0, 0.05) is 25.2 Å². The van der Waals surface area contributed by atoms with E-state index < -0.39 is 0 Å². The Bertz CT molecular complexity index is 1760. The summed E-state index contributed by atoms with van der Waals surface area (Å²) in [6, 6.07) is 24.8. The van der Waals surface area contributed by atoms with Gasteiger partial charge in [0.05, 0.1) is 17.1 Å². The van der Waals surface area contributed by atoms with Gasteiger partial charge in [-0.1, -0.05) is 48.5 Å². The van der Waals surface area contributed by atoms with Crippen LogP contribution in [0.15, 0.2) is 79.1 Å². The Labute approximate surface area is 203 Å². The van der Waals surface area contributed by atoms with Gasteiger partial charge in [-0.3, -0.25) is 9.88 Å². The van der Waals surface area contributed by atoms with Gasteiger partial charge in [0.2, 0.25) is 0 Å². The quantitative estimate of drug-likeness (QED) is 0.253. The van der Waals surface area contributed by atoms with Crippen molar-refractivity contribution in [1.82, 2.24) is 9.97 Å². The summed E-state index contributed by atoms with van der Waals surface area (Å²) in [6.07, 6.45) is 7.74. The number of fused-ring (bicyclic) bond motifs is 12. The second-order valence-electron chi connectivity index (χ2n) is 10.2. The monoisotopic (exact) mass is 447 g/mol. The number of rotatable bonds is 0. The molecule has 3 nitrogen and oxygen atoms in total. The Morgan fingerprint density at radius 2 is 1.40 bits per heavy atom. The number of pyridine rings is 2. The largest absolute Gasteiger partial charge is 0.292 e. The highest BCUT2D eigenvalue weighted by Crippen LogP contribution is 2.54. The van der Waals surface area contributed by atoms with Gasteiger partial charge in [0.25, 0.3) is 0 Å². The Morgan fingerprint density at radius 1 is 0.543 bits per heavy atom. The molecule has 0 radical (unpaired) electrons. The number of aromatic nitrogens is 2. The fraction of sp³-hybridized carbons (Fsp3) is 0.125. The lowest BCUT2D eigenvalue weighted by molar-refractivity contribution is 0.932. The van der Waals surface area contributed by atoms with Crippen molar-refractivity contribution in [1.29, 1.82) is 0 Å². The molecule has 2 aliphatic heterocycles. The zero-order valence-corrected chi connectivity index (χ0v) is 19.2. The number of hydrogen-bond donors (Lipinski definition) is 0. The molecule has 164 valence electrons. The van der Waals surface area contributed by atoms with Crippen LogP contribution in [0.4, 0.5) is 17.2 Å². The molecule has 0 bridgehead atoms. The smallest absolute Gasteiger partial charge is 0.141 e. The van der Waals surface area contributed by atoms with Crippen molar-refractivity contribution in [2.45, 2.75) is 25.7 Å². The molecule has 5 aromatic rings. The molecule has 2 aromatic heterocycles. The van der Waals surface area contributed by atoms with E-state index in [1.54, 1.807) is 0 Å². The maximum atomic E-state index is 4.88. The van der Waals surface area contributed by atoms with Crippen molar-refractivity contribution >= 4 is 17.2 Å². The van der Waals surface area contributed by atoms with Crippen LogP contribution in [0.25, 0.3) is 22.3 Å². The second-order valence-corrected chi connectivity index (χ2v) is 10.2. The average Bonchev–Trinajstić information content (AvgIpc) is 3.47. The van der Waals surface area contributed by atoms with Crippen molar-refractivity contribution in [2.75, 3.05) is 4.90 Å². The van der Waals surface area contributed by atoms with E-state index in [0.717, 1.165) is 31.5 Å². The minimum absolute atomic E-state index is 0.882. The molecule has 0 amide bonds. The summed E-state index contributed by atoms with van der Waals surface area (Å²) in [5, 5.41) is 0. The van der Waals surface area contributed by atoms with E-state index in [9.17, 15) is 0 Å². The molecule has 0 spiro atoms. The molecule has 0 N–H and O–H groups in total. The molecule has 0 atom stereocenters. The molecule has 0 fully saturated rings. The molecule has 0 unspecified atom stereocenters. The minimum Gasteiger partial charge on any atom is -0.292 e. The highest BCUT2D eigenvalue weighted by Gasteiger charge is 2.37. The summed E-state index contributed by atoms with van der Waals surface area (Å²) in [5.74, 6) is 1.06. The molecule has 35 heavy (non-hydrogen) atoms. The van der Waals surface area contributed by atoms with E-state index in [1.165, 1.54) is 78.3 Å². The molecule has 2 aliphatic carbocycles. The SMILES string of the molecule is c1ccc2c(c1)Cc1ccc3c(c1-2)Cc1c-3ccc2c1Cc1nccc3c1N2c1ncccc1C3. The van der Waals surface area contributed by atoms with Gasteiger partial charge in [-0.15, -0.1) is 0 Å². The van der Waals surface area contributed by atoms with Crippen LogP contribution >= 0.6 is 0 Å². The van der Waals surface area contributed by atoms with Gasteiger partial charge in [-0.05, 0) is 92.2 Å². The molecule has 3 heteroatoms. The van der Waals surface area contributed by atoms with Crippen LogP contribution in [0.5, 0.6) is 0 Å². The first-order chi connectivity index (χ1) is 17.3. The Morgan fingerprint density at radius 3 is 2.40 bits per heavy atom. The maximum Gasteiger partial charge on any atom is 0.141 e. The van der Waals surface area contributed by atoms with Crippen molar-refractivity contribution < 1.29 is 0 Å². The third kappa shape index (κ3) is 2.21. The Kier molecular flexibility index (Phi) is 3.24. The van der Waals surface area contributed by atoms with Crippen LogP contribution in [-0.4, -0.2) is 9.97 Å². The Hall–Kier alpha value is -4.24. The van der Waals surface area contributed by atoms with Crippen molar-refractivity contribution in [2.24, 2.45) is 0 Å². The zero-order valence-electron chi connectivity index (χ0n) is 19.2. The number of benzene rings is 3. The van der Waals surface area contributed by atoms with Crippen LogP contribution < -0.4 is 4.90 Å². The van der Waals surface area contributed by atoms with E-state index in [1.807, 2.05) is 12.4 Å². The Balaban J connectivity index is 1.28. The van der Waals surface area contributed by atoms with Gasteiger partial charge in [0.15, 0.2) is 0 Å². The van der Waals surface area contributed by atoms with Crippen molar-refractivity contribution in [3.05, 3.63) is 124 Å². The third-order valence-electron chi connectivity index (χ3n) is 8.47. The predicted molar refractivity (Wildman–Crippen MR) is 139 cm³/mol. The van der Waals surface area contributed by atoms with E-state index >= 15 is 0 Å². The summed E-state index contributed by atoms with van der Waals surface area (Å²) in [6.45, 7) is 0. The van der Waals surface area contributed by atoms with Gasteiger partial charge in [0.1, 0.15) is 5.82 Å². The molecule has 4 heterocycles. The highest BCUT2D eigenvalue weighted by molar-refractivity contribution is 5.94. The summed E-state index contributed by atoms with van der Waals surface area (Å²) in [4.78, 5) is 12.1. The molecule has 3 aromatic carbocycles. The molecular weight excluding hydrogens is 426 g/mol. The fourth-order valence-corrected chi connectivity index (χ4v) is 7.03. The topological polar surface area (TPSA) is 29.0 Å². The van der Waals surface area contributed by atoms with E-state index in [4.69, 9.17) is 9.97 Å². The lowest BCUT2D eigenvalue weighted by Crippen LogP contribution is -2.26. The molecule has 9 rings (SSSR count). The lowest BCUT2D eigenvalue weighted by Gasteiger charge is -2.38. The predicted octanol–water partition coefficient (Wildman–Crippen LogP) is 6.90. The zero-order chi connectivity index (χ0) is 22.7. The molecule has 4 aliphatic rings. The van der Waals surface area contributed by atoms with Crippen LogP contribution in [0, 0.1) is 0 Å². The van der Waals surface area contributed by atoms with E-state index in [-0.39, 0.29) is 0 Å². The normalized spacial score (nSPS) is 14.9. The summed E-state index contributed by atoms with van der Waals surface area (Å²) < 4.78 is 0. The van der Waals surface area contributed by atoms with Crippen molar-refractivity contribution in [3.8, 4) is 22.3 Å². The van der Waals surface area contributed by atoms with Gasteiger partial charge < -0.3 is 0 Å². The van der Waals surface area contributed by atoms with E-state index in [2.05, 4.69) is 71.6 Å². The van der Waals surface area contributed by atoms with Crippen LogP contribution in [-0.2, 0) is 25.7 Å². The van der Waals surface area contributed by atoms with Gasteiger partial charge >= 0.3 is 0 Å². The standard InChI is InChI=1S/C32H21N3/c1-2-6-22-18(4-1)14-19-7-8-24-23-9-10-29-26(25(23)16-27(24)30(19)22)17-28-31-20(11-13-33-28)15-21-5-3-12-34-32(21)35(29)31/h1-13H,14-17H2. The van der Waals surface area contributed by atoms with E-state index in [0.29, 0.717) is 0 Å². The first-order valence-electron chi connectivity index (χ1n) is 12.4. The lowest BCUT2D eigenvalue weighted by atomic mass is 9.87. The summed E-state index contributed by atoms with van der Waals surface area (Å²) in [5.41, 5.74) is 19.3. The minimum atomic E-state index is 0.882. The third-order valence-corrected chi connectivity index (χ3v) is 8.47. The number of anilines is 3. The van der Waals surface area contributed by atoms with Crippen LogP contribution in [0.1, 0.15) is 44.6 Å². The summed E-state index contributed by atoms with van der Waals surface area (Å²) in [7, 11) is 0. The molecule has 0 saturated carbocycles. The molecule has 0 saturated heterocycles. The summed E-state index contributed by atoms with van der Waals surface area (Å²) >= 11 is 0. The molecular formula is C32H21N3. The van der Waals surface area contributed by atoms with Crippen molar-refractivity contribution in [3.63, 3.8) is 0 Å². The second kappa shape index (κ2) is 6.25. The van der Waals surface area contributed by atoms with Crippen LogP contribution in [0.3, 0.4) is 0 Å². The van der Waals surface area contributed by atoms with Gasteiger partial charge in [-0.25, -0.2) is 4.98 Å². The first-order valence-corrected chi connectivity index (χ1v) is 12.4. The first kappa shape index (κ1) is 18.1. The number of hydrogen-bond acceptors (Lipinski definition) is 3. The fourth-order valence-electron chi connectivity index (χ4n) is 7.03. The number of nitrogens with zero attached hydrogens (tertiary/aromatic N) is 3. The van der Waals surface area contributed by atoms with Gasteiger partial charge in [-0.2, -0.15) is 0 Å². The maximum absolute atomic E-state index is 4.88. The average molecular weight is 448 g/mol. The van der Waals surface area contributed by atoms with Crippen LogP contribution in [0.2, 0.25) is 0 Å².